The van der Waals surface area contributed by atoms with Crippen LogP contribution in [0, 0.1) is 0 Å². The van der Waals surface area contributed by atoms with Crippen molar-refractivity contribution in [1.29, 1.82) is 0 Å². The van der Waals surface area contributed by atoms with Gasteiger partial charge in [-0.3, -0.25) is 0 Å². The summed E-state index contributed by atoms with van der Waals surface area (Å²) in [6.45, 7) is -1.32. The molecule has 2 aliphatic heterocycles. The number of hydroxylamine groups is 1. The number of hydrazine groups is 1. The molecule has 4 nitrogen and oxygen atoms in total. The molecule has 0 fully saturated rings. The lowest BCUT2D eigenvalue weighted by Gasteiger charge is -2.31. The smallest absolute Gasteiger partial charge is 0.345 e. The van der Waals surface area contributed by atoms with Gasteiger partial charge in [0.15, 0.2) is 6.61 Å². The molecule has 0 saturated heterocycles. The fraction of sp³-hybridized carbons (Fsp3) is 0.250. The van der Waals surface area contributed by atoms with Gasteiger partial charge in [-0.05, 0) is 12.2 Å². The Labute approximate surface area is 83.8 Å². The number of nitrogens with zero attached hydrogens (tertiary/aromatic N) is 2. The average molecular weight is 219 g/mol. The molecule has 0 aromatic rings. The summed E-state index contributed by atoms with van der Waals surface area (Å²) in [6.07, 6.45) is 3.52. The maximum atomic E-state index is 11.9. The Morgan fingerprint density at radius 2 is 2.13 bits per heavy atom. The van der Waals surface area contributed by atoms with Gasteiger partial charge in [0.1, 0.15) is 5.82 Å². The van der Waals surface area contributed by atoms with Gasteiger partial charge >= 0.3 is 6.18 Å². The summed E-state index contributed by atoms with van der Waals surface area (Å²) >= 11 is 0. The topological polar surface area (TPSA) is 27.7 Å². The third-order valence-electron chi connectivity index (χ3n) is 1.73. The molecule has 15 heavy (non-hydrogen) atoms. The molecule has 0 atom stereocenters. The van der Waals surface area contributed by atoms with Crippen molar-refractivity contribution < 1.29 is 18.0 Å². The maximum absolute atomic E-state index is 11.9. The number of allylic oxidation sites excluding steroid dienone is 2. The van der Waals surface area contributed by atoms with Gasteiger partial charge in [0.2, 0.25) is 0 Å². The minimum Gasteiger partial charge on any atom is -0.345 e. The highest BCUT2D eigenvalue weighted by Gasteiger charge is 2.31. The van der Waals surface area contributed by atoms with Crippen molar-refractivity contribution in [2.24, 2.45) is 0 Å². The molecule has 2 rings (SSSR count). The number of nitrogens with one attached hydrogen (secondary N) is 1. The summed E-state index contributed by atoms with van der Waals surface area (Å²) in [5, 5.41) is 5.27. The van der Waals surface area contributed by atoms with Crippen molar-refractivity contribution in [1.82, 2.24) is 15.5 Å². The number of rotatable bonds is 2. The number of hydrogen-bond donors (Lipinski definition) is 1. The van der Waals surface area contributed by atoms with Gasteiger partial charge < -0.3 is 5.32 Å². The molecule has 0 bridgehead atoms. The first-order valence-electron chi connectivity index (χ1n) is 4.16. The number of fused-ring (bicyclic) bond motifs is 1. The second kappa shape index (κ2) is 3.50. The molecular weight excluding hydrogens is 211 g/mol. The minimum atomic E-state index is -4.34. The lowest BCUT2D eigenvalue weighted by Crippen LogP contribution is -2.38. The third-order valence-corrected chi connectivity index (χ3v) is 1.73. The minimum absolute atomic E-state index is 0.639. The first kappa shape index (κ1) is 9.91. The van der Waals surface area contributed by atoms with E-state index in [0.717, 1.165) is 5.17 Å². The van der Waals surface area contributed by atoms with Crippen molar-refractivity contribution >= 4 is 0 Å². The molecule has 0 radical (unpaired) electrons. The Kier molecular flexibility index (Phi) is 2.31. The van der Waals surface area contributed by atoms with Crippen LogP contribution in [0.15, 0.2) is 36.6 Å². The molecule has 0 aromatic heterocycles. The van der Waals surface area contributed by atoms with Crippen molar-refractivity contribution in [2.45, 2.75) is 6.18 Å². The zero-order valence-electron chi connectivity index (χ0n) is 7.53. The predicted molar refractivity (Wildman–Crippen MR) is 45.2 cm³/mol. The van der Waals surface area contributed by atoms with E-state index in [0.29, 0.717) is 5.82 Å². The predicted octanol–water partition coefficient (Wildman–Crippen LogP) is 1.44. The van der Waals surface area contributed by atoms with Crippen molar-refractivity contribution in [3.05, 3.63) is 36.6 Å². The van der Waals surface area contributed by atoms with E-state index in [1.54, 1.807) is 24.6 Å². The molecular formula is C8H8F3N3O. The quantitative estimate of drug-likeness (QED) is 0.760. The summed E-state index contributed by atoms with van der Waals surface area (Å²) in [4.78, 5) is 4.58. The van der Waals surface area contributed by atoms with Crippen LogP contribution in [0.1, 0.15) is 0 Å². The summed E-state index contributed by atoms with van der Waals surface area (Å²) < 4.78 is 35.7. The van der Waals surface area contributed by atoms with Crippen LogP contribution in [0.5, 0.6) is 0 Å². The summed E-state index contributed by atoms with van der Waals surface area (Å²) in [6, 6.07) is 0. The molecule has 2 aliphatic rings. The van der Waals surface area contributed by atoms with E-state index in [4.69, 9.17) is 0 Å². The van der Waals surface area contributed by atoms with E-state index in [-0.39, 0.29) is 0 Å². The lowest BCUT2D eigenvalue weighted by molar-refractivity contribution is -0.282. The Bertz CT molecular complexity index is 335. The maximum Gasteiger partial charge on any atom is 0.414 e. The van der Waals surface area contributed by atoms with E-state index >= 15 is 0 Å². The van der Waals surface area contributed by atoms with E-state index < -0.39 is 12.8 Å². The van der Waals surface area contributed by atoms with Gasteiger partial charge in [-0.2, -0.15) is 18.3 Å². The molecule has 82 valence electrons. The van der Waals surface area contributed by atoms with Gasteiger partial charge in [0.25, 0.3) is 0 Å². The van der Waals surface area contributed by atoms with Crippen LogP contribution in [0.2, 0.25) is 0 Å². The van der Waals surface area contributed by atoms with Crippen LogP contribution >= 0.6 is 0 Å². The highest BCUT2D eigenvalue weighted by molar-refractivity contribution is 5.20. The molecule has 0 aromatic carbocycles. The zero-order chi connectivity index (χ0) is 10.9. The molecule has 0 aliphatic carbocycles. The molecule has 2 heterocycles. The Morgan fingerprint density at radius 1 is 1.33 bits per heavy atom. The highest BCUT2D eigenvalue weighted by Crippen LogP contribution is 2.21. The Morgan fingerprint density at radius 3 is 2.87 bits per heavy atom. The molecule has 0 spiro atoms. The van der Waals surface area contributed by atoms with Crippen LogP contribution in [0.4, 0.5) is 13.2 Å². The van der Waals surface area contributed by atoms with E-state index in [1.165, 1.54) is 11.2 Å². The van der Waals surface area contributed by atoms with E-state index in [1.807, 2.05) is 0 Å². The van der Waals surface area contributed by atoms with Crippen LogP contribution in [-0.2, 0) is 4.84 Å². The normalized spacial score (nSPS) is 19.0. The molecule has 0 amide bonds. The van der Waals surface area contributed by atoms with Crippen molar-refractivity contribution in [2.75, 3.05) is 6.61 Å². The fourth-order valence-corrected chi connectivity index (χ4v) is 1.16. The number of alkyl halides is 3. The van der Waals surface area contributed by atoms with Crippen LogP contribution in [0.3, 0.4) is 0 Å². The van der Waals surface area contributed by atoms with Gasteiger partial charge in [-0.1, -0.05) is 0 Å². The second-order valence-corrected chi connectivity index (χ2v) is 2.89. The van der Waals surface area contributed by atoms with Crippen LogP contribution in [0.25, 0.3) is 0 Å². The zero-order valence-corrected chi connectivity index (χ0v) is 7.53. The average Bonchev–Trinajstić information content (AvgIpc) is 2.61. The summed E-state index contributed by atoms with van der Waals surface area (Å²) in [7, 11) is 0. The van der Waals surface area contributed by atoms with Gasteiger partial charge in [-0.15, -0.1) is 0 Å². The fourth-order valence-electron chi connectivity index (χ4n) is 1.16. The van der Waals surface area contributed by atoms with Gasteiger partial charge in [0.05, 0.1) is 6.20 Å². The monoisotopic (exact) mass is 219 g/mol. The first-order valence-corrected chi connectivity index (χ1v) is 4.16. The third kappa shape index (κ3) is 2.24. The van der Waals surface area contributed by atoms with Crippen molar-refractivity contribution in [3.8, 4) is 0 Å². The van der Waals surface area contributed by atoms with Crippen LogP contribution < -0.4 is 5.32 Å². The summed E-state index contributed by atoms with van der Waals surface area (Å²) in [5.41, 5.74) is 0. The summed E-state index contributed by atoms with van der Waals surface area (Å²) in [5.74, 6) is 0.639. The Balaban J connectivity index is 1.96. The lowest BCUT2D eigenvalue weighted by atomic mass is 10.5. The molecule has 7 heteroatoms. The van der Waals surface area contributed by atoms with E-state index in [9.17, 15) is 13.2 Å². The standard InChI is InChI=1S/C8H8F3N3O/c9-8(10,11)6-15-14-4-1-2-7-12-3-5-13(7)14/h1-5,12H,6H2. The van der Waals surface area contributed by atoms with Crippen molar-refractivity contribution in [3.63, 3.8) is 0 Å². The second-order valence-electron chi connectivity index (χ2n) is 2.89. The first-order chi connectivity index (χ1) is 7.06. The highest BCUT2D eigenvalue weighted by atomic mass is 19.4. The molecule has 0 saturated carbocycles. The number of hydrogen-bond acceptors (Lipinski definition) is 4. The van der Waals surface area contributed by atoms with Crippen LogP contribution in [-0.4, -0.2) is 23.0 Å². The number of halogens is 3. The SMILES string of the molecule is FC(F)(F)CON1C=CC=C2NC=CN21. The van der Waals surface area contributed by atoms with Gasteiger partial charge in [0, 0.05) is 12.4 Å². The largest absolute Gasteiger partial charge is 0.414 e. The Hall–Kier alpha value is -1.63. The molecule has 0 unspecified atom stereocenters. The molecule has 1 N–H and O–H groups in total. The van der Waals surface area contributed by atoms with Gasteiger partial charge in [-0.25, -0.2) is 9.85 Å². The van der Waals surface area contributed by atoms with E-state index in [2.05, 4.69) is 10.2 Å².